The summed E-state index contributed by atoms with van der Waals surface area (Å²) in [6.07, 6.45) is 0.0216. The predicted molar refractivity (Wildman–Crippen MR) is 319 cm³/mol. The van der Waals surface area contributed by atoms with Gasteiger partial charge in [-0.1, -0.05) is 16.1 Å². The van der Waals surface area contributed by atoms with Crippen LogP contribution in [-0.4, -0.2) is 145 Å². The van der Waals surface area contributed by atoms with Gasteiger partial charge in [-0.3, -0.25) is 54.4 Å². The van der Waals surface area contributed by atoms with E-state index in [0.717, 1.165) is 41.0 Å². The monoisotopic (exact) mass is 1370 g/mol. The number of hydrogen-bond acceptors (Lipinski definition) is 32. The van der Waals surface area contributed by atoms with Crippen LogP contribution in [0.15, 0.2) is 83.9 Å². The molecule has 1 saturated heterocycles. The Hall–Kier alpha value is -8.02. The molecule has 0 bridgehead atoms. The summed E-state index contributed by atoms with van der Waals surface area (Å²) >= 11 is 13.3. The van der Waals surface area contributed by atoms with E-state index in [0.29, 0.717) is 56.9 Å². The molecular formula is C45H48Cl2N18O19S5. The third-order valence-corrected chi connectivity index (χ3v) is 17.0. The average Bonchev–Trinajstić information content (AvgIpc) is 1.21. The van der Waals surface area contributed by atoms with E-state index in [1.807, 2.05) is 0 Å². The quantitative estimate of drug-likeness (QED) is 0.0147. The number of aromatic nitrogens is 7. The van der Waals surface area contributed by atoms with Crippen molar-refractivity contribution in [1.29, 1.82) is 0 Å². The second kappa shape index (κ2) is 28.2. The topological polar surface area (TPSA) is 537 Å². The molecule has 0 unspecified atom stereocenters. The average molecular weight is 1380 g/mol. The molecule has 3 amide bonds. The van der Waals surface area contributed by atoms with Crippen molar-refractivity contribution in [3.8, 4) is 5.88 Å². The van der Waals surface area contributed by atoms with Gasteiger partial charge in [0.15, 0.2) is 0 Å². The van der Waals surface area contributed by atoms with Gasteiger partial charge in [0.1, 0.15) is 26.9 Å². The highest BCUT2D eigenvalue weighted by atomic mass is 35.5. The van der Waals surface area contributed by atoms with Crippen LogP contribution in [-0.2, 0) is 62.1 Å². The van der Waals surface area contributed by atoms with E-state index in [9.17, 15) is 58.4 Å². The lowest BCUT2D eigenvalue weighted by atomic mass is 10.1. The molecule has 1 aliphatic rings. The summed E-state index contributed by atoms with van der Waals surface area (Å²) < 4.78 is 115. The number of rotatable bonds is 27. The first kappa shape index (κ1) is 66.9. The summed E-state index contributed by atoms with van der Waals surface area (Å²) in [6.45, 7) is 5.24. The van der Waals surface area contributed by atoms with Gasteiger partial charge in [0.25, 0.3) is 41.8 Å². The number of urea groups is 1. The minimum atomic E-state index is -5.06. The summed E-state index contributed by atoms with van der Waals surface area (Å²) in [7, 11) is -15.0. The molecule has 0 aliphatic carbocycles. The number of nitrogens with one attached hydrogen (secondary N) is 7. The number of carbonyl (C=O) groups excluding carboxylic acids is 2. The number of nitrogens with two attached hydrogens (primary N) is 2. The van der Waals surface area contributed by atoms with E-state index < -0.39 is 68.4 Å². The van der Waals surface area contributed by atoms with E-state index >= 15 is 0 Å². The second-order valence-corrected chi connectivity index (χ2v) is 24.7. The van der Waals surface area contributed by atoms with Crippen LogP contribution in [0.25, 0.3) is 10.8 Å². The molecule has 4 heterocycles. The standard InChI is InChI=1S/C45H48Cl2N18O19S5/c1-3-65-38(67)35(37(48)66)20(2)36(39(65)68)62-60-27-18-28(33(89(78,79)80)19-31(27)86-84-82-71)52-44-56-41(47)57-45(58-44)64-10-8-63(9-11-64)7-6-50-43-54-34(53-40(46)55-43)13-21-4-5-25(26(12-21)51-42(49)69)59-61-29-17-24-22(15-32(29)88(75,76)77)14-23(87(72,73)74)16-30(24)85-83-81-70/h4-5,12,14-19,59-62,67,70-71H,3,6-11,13H2,1-2H3,(H2,48,66)(H3,49,51,69)(H,72,73,74)(H,75,76,77)(H,78,79,80)(H,50,53,54,55)(H,52,56,57,58). The molecule has 3 aromatic heterocycles. The molecule has 1 aliphatic heterocycles. The number of hydrazine groups is 2. The molecule has 0 spiro atoms. The number of halogens is 2. The summed E-state index contributed by atoms with van der Waals surface area (Å²) in [5.41, 5.74) is 20.1. The summed E-state index contributed by atoms with van der Waals surface area (Å²) in [4.78, 5) is 64.9. The van der Waals surface area contributed by atoms with Crippen LogP contribution < -0.4 is 59.6 Å². The zero-order valence-electron chi connectivity index (χ0n) is 45.3. The van der Waals surface area contributed by atoms with Gasteiger partial charge in [-0.15, -0.1) is 8.67 Å². The van der Waals surface area contributed by atoms with E-state index in [4.69, 9.17) is 45.2 Å². The first-order chi connectivity index (χ1) is 42.0. The molecular weight excluding hydrogens is 1330 g/mol. The maximum absolute atomic E-state index is 13.4. The van der Waals surface area contributed by atoms with Crippen molar-refractivity contribution in [1.82, 2.24) is 39.4 Å². The Morgan fingerprint density at radius 3 is 1.99 bits per heavy atom. The van der Waals surface area contributed by atoms with Crippen LogP contribution in [0.1, 0.15) is 34.2 Å². The van der Waals surface area contributed by atoms with Gasteiger partial charge in [0.05, 0.1) is 62.3 Å². The van der Waals surface area contributed by atoms with Crippen molar-refractivity contribution < 1.29 is 82.9 Å². The van der Waals surface area contributed by atoms with Gasteiger partial charge in [0, 0.05) is 57.1 Å². The third-order valence-electron chi connectivity index (χ3n) is 12.7. The molecule has 7 aromatic rings. The third kappa shape index (κ3) is 16.6. The van der Waals surface area contributed by atoms with Crippen molar-refractivity contribution >= 4 is 152 Å². The minimum absolute atomic E-state index is 0.0216. The lowest BCUT2D eigenvalue weighted by molar-refractivity contribution is -0.432. The number of anilines is 9. The predicted octanol–water partition coefficient (Wildman–Crippen LogP) is 4.34. The van der Waals surface area contributed by atoms with Crippen molar-refractivity contribution in [3.63, 3.8) is 0 Å². The fourth-order valence-corrected chi connectivity index (χ4v) is 12.1. The minimum Gasteiger partial charge on any atom is -0.494 e. The molecule has 89 heavy (non-hydrogen) atoms. The van der Waals surface area contributed by atoms with Crippen molar-refractivity contribution in [2.24, 2.45) is 11.5 Å². The van der Waals surface area contributed by atoms with Crippen molar-refractivity contribution in [2.75, 3.05) is 81.8 Å². The summed E-state index contributed by atoms with van der Waals surface area (Å²) in [5, 5.41) is 43.3. The van der Waals surface area contributed by atoms with Gasteiger partial charge < -0.3 is 37.4 Å². The lowest BCUT2D eigenvalue weighted by Gasteiger charge is -2.34. The van der Waals surface area contributed by atoms with Crippen LogP contribution in [0.4, 0.5) is 56.8 Å². The van der Waals surface area contributed by atoms with Gasteiger partial charge in [-0.2, -0.15) is 50.2 Å². The number of piperazine rings is 1. The maximum atomic E-state index is 13.4. The number of fused-ring (bicyclic) bond motifs is 1. The van der Waals surface area contributed by atoms with Gasteiger partial charge >= 0.3 is 6.03 Å². The fourth-order valence-electron chi connectivity index (χ4n) is 8.75. The normalized spacial score (nSPS) is 13.1. The molecule has 0 atom stereocenters. The SMILES string of the molecule is CCn1c(O)c(C(N)=O)c(C)c(NNc2cc(Nc3nc(Cl)nc(N4CCN(CCNc5nc(Cl)nc(Cc6ccc(NNc7cc8c(SOOO)cc(S(=O)(=O)O)cc8cc7S(=O)(=O)O)c(NC(N)=O)c6)n5)CC4)n3)c(S(=O)(=O)O)cc2SOOO)c1=O. The van der Waals surface area contributed by atoms with E-state index in [-0.39, 0.29) is 125 Å². The molecule has 17 N–H and O–H groups in total. The van der Waals surface area contributed by atoms with Crippen LogP contribution >= 0.6 is 47.3 Å². The van der Waals surface area contributed by atoms with Gasteiger partial charge in [-0.05, 0) is 107 Å². The molecule has 4 aromatic carbocycles. The number of nitrogens with zero attached hydrogens (tertiary/aromatic N) is 9. The Morgan fingerprint density at radius 2 is 1.35 bits per heavy atom. The first-order valence-corrected chi connectivity index (χ1v) is 31.4. The summed E-state index contributed by atoms with van der Waals surface area (Å²) in [5.74, 6) is -1.59. The second-order valence-electron chi connectivity index (χ2n) is 18.3. The van der Waals surface area contributed by atoms with Crippen LogP contribution in [0.2, 0.25) is 10.6 Å². The smallest absolute Gasteiger partial charge is 0.316 e. The van der Waals surface area contributed by atoms with Gasteiger partial charge in [0.2, 0.25) is 34.3 Å². The Morgan fingerprint density at radius 1 is 0.708 bits per heavy atom. The number of aromatic hydroxyl groups is 1. The zero-order valence-corrected chi connectivity index (χ0v) is 50.9. The van der Waals surface area contributed by atoms with Crippen LogP contribution in [0.5, 0.6) is 5.88 Å². The van der Waals surface area contributed by atoms with Gasteiger partial charge in [-0.25, -0.2) is 20.3 Å². The molecule has 0 saturated carbocycles. The molecule has 476 valence electrons. The zero-order chi connectivity index (χ0) is 64.7. The number of hydrogen-bond donors (Lipinski definition) is 15. The Bertz CT molecular complexity index is 4310. The molecule has 37 nitrogen and oxygen atoms in total. The highest BCUT2D eigenvalue weighted by molar-refractivity contribution is 7.95. The van der Waals surface area contributed by atoms with E-state index in [2.05, 4.69) is 91.2 Å². The number of carbonyl (C=O) groups is 2. The molecule has 0 radical (unpaired) electrons. The number of primary amides is 2. The van der Waals surface area contributed by atoms with E-state index in [1.165, 1.54) is 26.0 Å². The molecule has 1 fully saturated rings. The molecule has 44 heteroatoms. The summed E-state index contributed by atoms with van der Waals surface area (Å²) in [6, 6.07) is 9.49. The Kier molecular flexibility index (Phi) is 21.2. The molecule has 8 rings (SSSR count). The van der Waals surface area contributed by atoms with E-state index in [1.54, 1.807) is 11.0 Å². The number of amides is 3. The Balaban J connectivity index is 0.917. The van der Waals surface area contributed by atoms with Crippen LogP contribution in [0, 0.1) is 6.92 Å². The highest BCUT2D eigenvalue weighted by Crippen LogP contribution is 2.39. The fraction of sp³-hybridized carbons (Fsp3) is 0.222. The largest absolute Gasteiger partial charge is 0.494 e. The number of benzene rings is 4. The van der Waals surface area contributed by atoms with Crippen molar-refractivity contribution in [3.05, 3.63) is 98.0 Å². The lowest BCUT2D eigenvalue weighted by Crippen LogP contribution is -2.48. The maximum Gasteiger partial charge on any atom is 0.316 e. The Labute approximate surface area is 520 Å². The first-order valence-electron chi connectivity index (χ1n) is 24.9. The highest BCUT2D eigenvalue weighted by Gasteiger charge is 2.27. The van der Waals surface area contributed by atoms with Crippen LogP contribution in [0.3, 0.4) is 0 Å². The number of pyridine rings is 1. The van der Waals surface area contributed by atoms with Crippen molar-refractivity contribution in [2.45, 2.75) is 51.3 Å².